The molecule has 2 aromatic rings. The zero-order valence-corrected chi connectivity index (χ0v) is 10.4. The summed E-state index contributed by atoms with van der Waals surface area (Å²) in [7, 11) is 0. The first-order valence-corrected chi connectivity index (χ1v) is 5.74. The Bertz CT molecular complexity index is 591. The molecule has 18 heavy (non-hydrogen) atoms. The van der Waals surface area contributed by atoms with Gasteiger partial charge in [0.25, 0.3) is 5.91 Å². The van der Waals surface area contributed by atoms with Crippen LogP contribution < -0.4 is 5.32 Å². The molecule has 0 unspecified atom stereocenters. The van der Waals surface area contributed by atoms with E-state index in [0.29, 0.717) is 5.56 Å². The average molecular weight is 241 g/mol. The van der Waals surface area contributed by atoms with E-state index in [1.54, 1.807) is 19.1 Å². The van der Waals surface area contributed by atoms with Gasteiger partial charge in [0.1, 0.15) is 5.75 Å². The van der Waals surface area contributed by atoms with E-state index in [9.17, 15) is 9.90 Å². The summed E-state index contributed by atoms with van der Waals surface area (Å²) >= 11 is 0. The van der Waals surface area contributed by atoms with Crippen LogP contribution in [0, 0.1) is 13.8 Å². The predicted octanol–water partition coefficient (Wildman–Crippen LogP) is 3.26. The largest absolute Gasteiger partial charge is 0.508 e. The van der Waals surface area contributed by atoms with E-state index in [4.69, 9.17) is 0 Å². The van der Waals surface area contributed by atoms with E-state index >= 15 is 0 Å². The summed E-state index contributed by atoms with van der Waals surface area (Å²) < 4.78 is 0. The quantitative estimate of drug-likeness (QED) is 0.847. The van der Waals surface area contributed by atoms with Gasteiger partial charge in [0.15, 0.2) is 0 Å². The minimum absolute atomic E-state index is 0.165. The number of hydrogen-bond acceptors (Lipinski definition) is 2. The fourth-order valence-electron chi connectivity index (χ4n) is 1.81. The van der Waals surface area contributed by atoms with Crippen LogP contribution in [0.25, 0.3) is 0 Å². The number of aromatic hydroxyl groups is 1. The zero-order chi connectivity index (χ0) is 13.1. The van der Waals surface area contributed by atoms with Crippen LogP contribution in [-0.4, -0.2) is 11.0 Å². The van der Waals surface area contributed by atoms with Crippen LogP contribution in [0.15, 0.2) is 42.5 Å². The molecular weight excluding hydrogens is 226 g/mol. The first-order valence-electron chi connectivity index (χ1n) is 5.74. The number of rotatable bonds is 2. The molecule has 92 valence electrons. The molecule has 2 aromatic carbocycles. The van der Waals surface area contributed by atoms with Crippen LogP contribution in [0.5, 0.6) is 5.75 Å². The summed E-state index contributed by atoms with van der Waals surface area (Å²) in [6.45, 7) is 3.74. The molecule has 0 aromatic heterocycles. The molecule has 0 bridgehead atoms. The second-order valence-electron chi connectivity index (χ2n) is 4.27. The average Bonchev–Trinajstić information content (AvgIpc) is 2.32. The van der Waals surface area contributed by atoms with Gasteiger partial charge in [-0.1, -0.05) is 18.2 Å². The van der Waals surface area contributed by atoms with Crippen molar-refractivity contribution in [3.63, 3.8) is 0 Å². The van der Waals surface area contributed by atoms with Gasteiger partial charge in [0.05, 0.1) is 0 Å². The molecule has 0 atom stereocenters. The van der Waals surface area contributed by atoms with E-state index in [-0.39, 0.29) is 11.7 Å². The van der Waals surface area contributed by atoms with Crippen LogP contribution in [-0.2, 0) is 0 Å². The predicted molar refractivity (Wildman–Crippen MR) is 72.0 cm³/mol. The number of phenolic OH excluding ortho intramolecular Hbond substituents is 1. The normalized spacial score (nSPS) is 10.1. The highest BCUT2D eigenvalue weighted by Crippen LogP contribution is 2.19. The molecule has 0 saturated carbocycles. The monoisotopic (exact) mass is 241 g/mol. The third kappa shape index (κ3) is 2.51. The van der Waals surface area contributed by atoms with Crippen molar-refractivity contribution >= 4 is 11.6 Å². The molecule has 3 heteroatoms. The smallest absolute Gasteiger partial charge is 0.255 e. The van der Waals surface area contributed by atoms with Gasteiger partial charge in [-0.05, 0) is 49.2 Å². The number of para-hydroxylation sites is 1. The van der Waals surface area contributed by atoms with Crippen molar-refractivity contribution in [3.05, 3.63) is 59.2 Å². The van der Waals surface area contributed by atoms with Crippen molar-refractivity contribution in [2.45, 2.75) is 13.8 Å². The summed E-state index contributed by atoms with van der Waals surface area (Å²) in [6.07, 6.45) is 0. The summed E-state index contributed by atoms with van der Waals surface area (Å²) in [5.41, 5.74) is 3.13. The van der Waals surface area contributed by atoms with E-state index in [2.05, 4.69) is 5.32 Å². The Morgan fingerprint density at radius 1 is 1.06 bits per heavy atom. The number of carbonyl (C=O) groups excluding carboxylic acids is 1. The number of phenols is 1. The highest BCUT2D eigenvalue weighted by Gasteiger charge is 2.10. The van der Waals surface area contributed by atoms with E-state index in [1.807, 2.05) is 31.2 Å². The lowest BCUT2D eigenvalue weighted by Crippen LogP contribution is -2.13. The minimum atomic E-state index is -0.165. The number of nitrogens with one attached hydrogen (secondary N) is 1. The molecule has 2 N–H and O–H groups in total. The molecule has 0 fully saturated rings. The molecule has 1 amide bonds. The molecule has 0 aliphatic carbocycles. The van der Waals surface area contributed by atoms with E-state index in [1.165, 1.54) is 6.07 Å². The second kappa shape index (κ2) is 4.92. The lowest BCUT2D eigenvalue weighted by atomic mass is 10.1. The van der Waals surface area contributed by atoms with Crippen molar-refractivity contribution in [1.29, 1.82) is 0 Å². The Kier molecular flexibility index (Phi) is 3.33. The molecule has 0 aliphatic rings. The minimum Gasteiger partial charge on any atom is -0.508 e. The Morgan fingerprint density at radius 2 is 1.78 bits per heavy atom. The van der Waals surface area contributed by atoms with Crippen LogP contribution in [0.1, 0.15) is 21.5 Å². The summed E-state index contributed by atoms with van der Waals surface area (Å²) in [4.78, 5) is 12.1. The summed E-state index contributed by atoms with van der Waals surface area (Å²) in [5, 5.41) is 12.2. The molecule has 0 aliphatic heterocycles. The SMILES string of the molecule is Cc1ccccc1NC(=O)c1ccc(O)cc1C. The topological polar surface area (TPSA) is 49.3 Å². The highest BCUT2D eigenvalue weighted by atomic mass is 16.3. The molecular formula is C15H15NO2. The molecule has 0 radical (unpaired) electrons. The lowest BCUT2D eigenvalue weighted by Gasteiger charge is -2.10. The van der Waals surface area contributed by atoms with E-state index < -0.39 is 0 Å². The number of aryl methyl sites for hydroxylation is 2. The third-order valence-corrected chi connectivity index (χ3v) is 2.85. The maximum Gasteiger partial charge on any atom is 0.255 e. The van der Waals surface area contributed by atoms with Gasteiger partial charge in [-0.2, -0.15) is 0 Å². The number of amides is 1. The van der Waals surface area contributed by atoms with Crippen molar-refractivity contribution in [3.8, 4) is 5.75 Å². The molecule has 2 rings (SSSR count). The Morgan fingerprint density at radius 3 is 2.44 bits per heavy atom. The maximum absolute atomic E-state index is 12.1. The summed E-state index contributed by atoms with van der Waals surface area (Å²) in [6, 6.07) is 12.3. The van der Waals surface area contributed by atoms with Crippen molar-refractivity contribution in [2.75, 3.05) is 5.32 Å². The van der Waals surface area contributed by atoms with Gasteiger partial charge < -0.3 is 10.4 Å². The van der Waals surface area contributed by atoms with E-state index in [0.717, 1.165) is 16.8 Å². The van der Waals surface area contributed by atoms with Crippen LogP contribution in [0.3, 0.4) is 0 Å². The van der Waals surface area contributed by atoms with Crippen LogP contribution in [0.4, 0.5) is 5.69 Å². The Balaban J connectivity index is 2.25. The van der Waals surface area contributed by atoms with Crippen molar-refractivity contribution in [2.24, 2.45) is 0 Å². The van der Waals surface area contributed by atoms with Gasteiger partial charge in [0.2, 0.25) is 0 Å². The number of hydrogen-bond donors (Lipinski definition) is 2. The van der Waals surface area contributed by atoms with Crippen LogP contribution in [0.2, 0.25) is 0 Å². The maximum atomic E-state index is 12.1. The molecule has 0 saturated heterocycles. The molecule has 0 heterocycles. The van der Waals surface area contributed by atoms with Gasteiger partial charge in [0, 0.05) is 11.3 Å². The lowest BCUT2D eigenvalue weighted by molar-refractivity contribution is 0.102. The fraction of sp³-hybridized carbons (Fsp3) is 0.133. The van der Waals surface area contributed by atoms with Crippen molar-refractivity contribution < 1.29 is 9.90 Å². The highest BCUT2D eigenvalue weighted by molar-refractivity contribution is 6.05. The number of benzene rings is 2. The standard InChI is InChI=1S/C15H15NO2/c1-10-5-3-4-6-14(10)16-15(18)13-8-7-12(17)9-11(13)2/h3-9,17H,1-2H3,(H,16,18). The second-order valence-corrected chi connectivity index (χ2v) is 4.27. The number of anilines is 1. The zero-order valence-electron chi connectivity index (χ0n) is 10.4. The van der Waals surface area contributed by atoms with Gasteiger partial charge >= 0.3 is 0 Å². The first kappa shape index (κ1) is 12.2. The van der Waals surface area contributed by atoms with Gasteiger partial charge in [-0.25, -0.2) is 0 Å². The van der Waals surface area contributed by atoms with Gasteiger partial charge in [-0.3, -0.25) is 4.79 Å². The Labute approximate surface area is 106 Å². The van der Waals surface area contributed by atoms with Crippen molar-refractivity contribution in [1.82, 2.24) is 0 Å². The summed E-state index contributed by atoms with van der Waals surface area (Å²) in [5.74, 6) is 0.00161. The molecule has 0 spiro atoms. The first-order chi connectivity index (χ1) is 8.58. The van der Waals surface area contributed by atoms with Crippen LogP contribution >= 0.6 is 0 Å². The van der Waals surface area contributed by atoms with Gasteiger partial charge in [-0.15, -0.1) is 0 Å². The fourth-order valence-corrected chi connectivity index (χ4v) is 1.81. The number of carbonyl (C=O) groups is 1. The Hall–Kier alpha value is -2.29. The molecule has 3 nitrogen and oxygen atoms in total. The third-order valence-electron chi connectivity index (χ3n) is 2.85.